The summed E-state index contributed by atoms with van der Waals surface area (Å²) >= 11 is 0. The summed E-state index contributed by atoms with van der Waals surface area (Å²) in [6, 6.07) is 11.1. The van der Waals surface area contributed by atoms with E-state index in [4.69, 9.17) is 10.4 Å². The summed E-state index contributed by atoms with van der Waals surface area (Å²) in [6.07, 6.45) is 1.25. The molecule has 2 aromatic rings. The third-order valence-electron chi connectivity index (χ3n) is 3.07. The molecular formula is C17H12N2O5. The van der Waals surface area contributed by atoms with Gasteiger partial charge in [-0.25, -0.2) is 4.79 Å². The van der Waals surface area contributed by atoms with Crippen LogP contribution in [0.3, 0.4) is 0 Å². The Morgan fingerprint density at radius 3 is 2.25 bits per heavy atom. The van der Waals surface area contributed by atoms with E-state index in [1.165, 1.54) is 48.5 Å². The van der Waals surface area contributed by atoms with Gasteiger partial charge in [-0.15, -0.1) is 0 Å². The first-order valence-corrected chi connectivity index (χ1v) is 6.69. The van der Waals surface area contributed by atoms with E-state index < -0.39 is 11.9 Å². The van der Waals surface area contributed by atoms with Crippen molar-refractivity contribution in [3.63, 3.8) is 0 Å². The van der Waals surface area contributed by atoms with Crippen LogP contribution in [0.25, 0.3) is 6.08 Å². The molecule has 24 heavy (non-hydrogen) atoms. The van der Waals surface area contributed by atoms with Crippen molar-refractivity contribution in [2.24, 2.45) is 0 Å². The highest BCUT2D eigenvalue weighted by molar-refractivity contribution is 6.09. The molecule has 7 nitrogen and oxygen atoms in total. The van der Waals surface area contributed by atoms with E-state index >= 15 is 0 Å². The predicted molar refractivity (Wildman–Crippen MR) is 85.4 cm³/mol. The van der Waals surface area contributed by atoms with Crippen LogP contribution < -0.4 is 5.32 Å². The van der Waals surface area contributed by atoms with Crippen molar-refractivity contribution in [2.75, 3.05) is 5.32 Å². The largest absolute Gasteiger partial charge is 0.504 e. The van der Waals surface area contributed by atoms with Crippen molar-refractivity contribution in [3.05, 3.63) is 59.2 Å². The molecule has 0 bridgehead atoms. The molecule has 4 N–H and O–H groups in total. The number of amides is 1. The number of rotatable bonds is 4. The predicted octanol–water partition coefficient (Wildman–Crippen LogP) is 2.34. The van der Waals surface area contributed by atoms with Crippen LogP contribution in [0.4, 0.5) is 5.69 Å². The molecule has 0 aliphatic heterocycles. The number of nitriles is 1. The third-order valence-corrected chi connectivity index (χ3v) is 3.07. The molecule has 120 valence electrons. The molecule has 7 heteroatoms. The Labute approximate surface area is 136 Å². The van der Waals surface area contributed by atoms with Crippen molar-refractivity contribution in [1.29, 1.82) is 5.26 Å². The molecule has 0 aromatic heterocycles. The average molecular weight is 324 g/mol. The number of aromatic carboxylic acids is 1. The summed E-state index contributed by atoms with van der Waals surface area (Å²) in [7, 11) is 0. The zero-order valence-corrected chi connectivity index (χ0v) is 12.2. The lowest BCUT2D eigenvalue weighted by molar-refractivity contribution is -0.112. The molecule has 2 rings (SSSR count). The van der Waals surface area contributed by atoms with Crippen LogP contribution >= 0.6 is 0 Å². The highest BCUT2D eigenvalue weighted by Crippen LogP contribution is 2.26. The fraction of sp³-hybridized carbons (Fsp3) is 0. The second-order valence-corrected chi connectivity index (χ2v) is 4.75. The number of carbonyl (C=O) groups is 2. The molecule has 1 amide bonds. The highest BCUT2D eigenvalue weighted by atomic mass is 16.4. The molecule has 0 heterocycles. The maximum Gasteiger partial charge on any atom is 0.335 e. The van der Waals surface area contributed by atoms with E-state index in [0.717, 1.165) is 0 Å². The average Bonchev–Trinajstić information content (AvgIpc) is 2.56. The van der Waals surface area contributed by atoms with Crippen LogP contribution in [0, 0.1) is 11.3 Å². The Morgan fingerprint density at radius 2 is 1.71 bits per heavy atom. The molecular weight excluding hydrogens is 312 g/mol. The summed E-state index contributed by atoms with van der Waals surface area (Å²) in [5.74, 6) is -2.45. The van der Waals surface area contributed by atoms with Gasteiger partial charge in [0.2, 0.25) is 0 Å². The SMILES string of the molecule is N#C/C(=C\c1ccc(O)c(O)c1)C(=O)Nc1ccc(C(=O)O)cc1. The number of nitrogens with zero attached hydrogens (tertiary/aromatic N) is 1. The Balaban J connectivity index is 2.19. The smallest absolute Gasteiger partial charge is 0.335 e. The minimum absolute atomic E-state index is 0.0728. The monoisotopic (exact) mass is 324 g/mol. The van der Waals surface area contributed by atoms with Crippen LogP contribution in [-0.4, -0.2) is 27.2 Å². The quantitative estimate of drug-likeness (QED) is 0.388. The molecule has 0 aliphatic rings. The van der Waals surface area contributed by atoms with Gasteiger partial charge < -0.3 is 20.6 Å². The van der Waals surface area contributed by atoms with E-state index in [9.17, 15) is 19.8 Å². The van der Waals surface area contributed by atoms with Crippen molar-refractivity contribution < 1.29 is 24.9 Å². The second-order valence-electron chi connectivity index (χ2n) is 4.75. The van der Waals surface area contributed by atoms with Gasteiger partial charge in [0, 0.05) is 5.69 Å². The number of hydrogen-bond acceptors (Lipinski definition) is 5. The summed E-state index contributed by atoms with van der Waals surface area (Å²) in [6.45, 7) is 0. The number of benzene rings is 2. The van der Waals surface area contributed by atoms with Crippen LogP contribution in [0.1, 0.15) is 15.9 Å². The van der Waals surface area contributed by atoms with Gasteiger partial charge in [0.05, 0.1) is 5.56 Å². The number of phenolic OH excluding ortho intramolecular Hbond substituents is 2. The van der Waals surface area contributed by atoms with Crippen LogP contribution in [0.5, 0.6) is 11.5 Å². The van der Waals surface area contributed by atoms with Crippen molar-refractivity contribution in [2.45, 2.75) is 0 Å². The zero-order chi connectivity index (χ0) is 17.7. The molecule has 0 saturated heterocycles. The fourth-order valence-electron chi connectivity index (χ4n) is 1.84. The van der Waals surface area contributed by atoms with Gasteiger partial charge in [-0.3, -0.25) is 4.79 Å². The van der Waals surface area contributed by atoms with E-state index in [2.05, 4.69) is 5.32 Å². The Morgan fingerprint density at radius 1 is 1.04 bits per heavy atom. The van der Waals surface area contributed by atoms with E-state index in [0.29, 0.717) is 11.3 Å². The Kier molecular flexibility index (Phi) is 4.82. The highest BCUT2D eigenvalue weighted by Gasteiger charge is 2.11. The number of carboxylic acid groups (broad SMARTS) is 1. The van der Waals surface area contributed by atoms with E-state index in [1.54, 1.807) is 6.07 Å². The first-order chi connectivity index (χ1) is 11.4. The molecule has 0 fully saturated rings. The molecule has 0 spiro atoms. The van der Waals surface area contributed by atoms with Gasteiger partial charge in [0.15, 0.2) is 11.5 Å². The number of anilines is 1. The second kappa shape index (κ2) is 6.98. The topological polar surface area (TPSA) is 131 Å². The number of aromatic hydroxyl groups is 2. The molecule has 0 saturated carbocycles. The van der Waals surface area contributed by atoms with Crippen molar-refractivity contribution in [1.82, 2.24) is 0 Å². The lowest BCUT2D eigenvalue weighted by Gasteiger charge is -2.05. The van der Waals surface area contributed by atoms with Gasteiger partial charge in [-0.05, 0) is 48.0 Å². The minimum Gasteiger partial charge on any atom is -0.504 e. The van der Waals surface area contributed by atoms with E-state index in [1.807, 2.05) is 0 Å². The Bertz CT molecular complexity index is 864. The number of carboxylic acids is 1. The standard InChI is InChI=1S/C17H12N2O5/c18-9-12(7-10-1-6-14(20)15(21)8-10)16(22)19-13-4-2-11(3-5-13)17(23)24/h1-8,20-21H,(H,19,22)(H,23,24)/b12-7+. The van der Waals surface area contributed by atoms with Crippen molar-refractivity contribution >= 4 is 23.6 Å². The van der Waals surface area contributed by atoms with E-state index in [-0.39, 0.29) is 22.6 Å². The lowest BCUT2D eigenvalue weighted by atomic mass is 10.1. The Hall–Kier alpha value is -3.79. The van der Waals surface area contributed by atoms with Gasteiger partial charge in [-0.2, -0.15) is 5.26 Å². The maximum absolute atomic E-state index is 12.1. The van der Waals surface area contributed by atoms with Gasteiger partial charge in [0.25, 0.3) is 5.91 Å². The maximum atomic E-state index is 12.1. The molecule has 0 unspecified atom stereocenters. The third kappa shape index (κ3) is 3.90. The molecule has 0 aliphatic carbocycles. The van der Waals surface area contributed by atoms with Crippen molar-refractivity contribution in [3.8, 4) is 17.6 Å². The zero-order valence-electron chi connectivity index (χ0n) is 12.2. The lowest BCUT2D eigenvalue weighted by Crippen LogP contribution is -2.13. The van der Waals surface area contributed by atoms with Crippen LogP contribution in [-0.2, 0) is 4.79 Å². The molecule has 0 atom stereocenters. The fourth-order valence-corrected chi connectivity index (χ4v) is 1.84. The van der Waals surface area contributed by atoms with Crippen LogP contribution in [0.2, 0.25) is 0 Å². The molecule has 2 aromatic carbocycles. The summed E-state index contributed by atoms with van der Waals surface area (Å²) in [4.78, 5) is 22.9. The first-order valence-electron chi connectivity index (χ1n) is 6.69. The molecule has 0 radical (unpaired) electrons. The number of hydrogen-bond donors (Lipinski definition) is 4. The number of phenols is 2. The normalized spacial score (nSPS) is 10.7. The van der Waals surface area contributed by atoms with Gasteiger partial charge in [-0.1, -0.05) is 6.07 Å². The number of carbonyl (C=O) groups excluding carboxylic acids is 1. The summed E-state index contributed by atoms with van der Waals surface area (Å²) < 4.78 is 0. The van der Waals surface area contributed by atoms with Crippen LogP contribution in [0.15, 0.2) is 48.0 Å². The van der Waals surface area contributed by atoms with Gasteiger partial charge >= 0.3 is 5.97 Å². The number of nitrogens with one attached hydrogen (secondary N) is 1. The summed E-state index contributed by atoms with van der Waals surface area (Å²) in [5.41, 5.74) is 0.545. The summed E-state index contributed by atoms with van der Waals surface area (Å²) in [5, 5.41) is 39.1. The minimum atomic E-state index is -1.09. The first kappa shape index (κ1) is 16.6. The van der Waals surface area contributed by atoms with Gasteiger partial charge in [0.1, 0.15) is 11.6 Å².